The van der Waals surface area contributed by atoms with Crippen molar-refractivity contribution in [1.82, 2.24) is 9.80 Å². The summed E-state index contributed by atoms with van der Waals surface area (Å²) >= 11 is 6.26. The minimum absolute atomic E-state index is 0.0104. The Morgan fingerprint density at radius 1 is 1.06 bits per heavy atom. The summed E-state index contributed by atoms with van der Waals surface area (Å²) in [4.78, 5) is 28.7. The van der Waals surface area contributed by atoms with Gasteiger partial charge in [0.15, 0.2) is 0 Å². The largest absolute Gasteiger partial charge is 0.339 e. The van der Waals surface area contributed by atoms with Gasteiger partial charge in [-0.15, -0.1) is 6.58 Å². The van der Waals surface area contributed by atoms with Crippen LogP contribution < -0.4 is 4.31 Å². The maximum Gasteiger partial charge on any atom is 0.264 e. The Morgan fingerprint density at radius 3 is 2.30 bits per heavy atom. The number of carbonyl (C=O) groups is 2. The Morgan fingerprint density at radius 2 is 1.70 bits per heavy atom. The van der Waals surface area contributed by atoms with E-state index in [4.69, 9.17) is 11.6 Å². The standard InChI is InChI=1S/C24H28ClN3O4S/c1-4-12-28(22-11-6-5-10-21(22)25)33(31,32)20-9-7-8-19(17-20)24(30)27-15-13-26(14-16-27)23(29)18(2)3/h4-11,17-18H,1,12-16H2,2-3H3. The van der Waals surface area contributed by atoms with Gasteiger partial charge in [-0.25, -0.2) is 8.42 Å². The van der Waals surface area contributed by atoms with Crippen LogP contribution in [0.5, 0.6) is 0 Å². The summed E-state index contributed by atoms with van der Waals surface area (Å²) in [7, 11) is -4.00. The number of hydrogen-bond donors (Lipinski definition) is 0. The predicted molar refractivity (Wildman–Crippen MR) is 130 cm³/mol. The number of benzene rings is 2. The van der Waals surface area contributed by atoms with E-state index in [-0.39, 0.29) is 34.7 Å². The molecule has 0 radical (unpaired) electrons. The van der Waals surface area contributed by atoms with E-state index in [9.17, 15) is 18.0 Å². The highest BCUT2D eigenvalue weighted by Gasteiger charge is 2.29. The molecule has 2 aromatic carbocycles. The van der Waals surface area contributed by atoms with E-state index in [1.54, 1.807) is 46.2 Å². The first-order valence-electron chi connectivity index (χ1n) is 10.7. The number of piperazine rings is 1. The number of halogens is 1. The van der Waals surface area contributed by atoms with Gasteiger partial charge in [-0.2, -0.15) is 0 Å². The van der Waals surface area contributed by atoms with Gasteiger partial charge < -0.3 is 9.80 Å². The first kappa shape index (κ1) is 24.8. The Balaban J connectivity index is 1.84. The second kappa shape index (κ2) is 10.4. The van der Waals surface area contributed by atoms with Crippen molar-refractivity contribution in [3.63, 3.8) is 0 Å². The van der Waals surface area contributed by atoms with Crippen LogP contribution in [0.25, 0.3) is 0 Å². The van der Waals surface area contributed by atoms with Gasteiger partial charge in [0.05, 0.1) is 22.2 Å². The molecule has 2 amide bonds. The maximum atomic E-state index is 13.5. The third-order valence-electron chi connectivity index (χ3n) is 5.46. The fourth-order valence-corrected chi connectivity index (χ4v) is 5.48. The summed E-state index contributed by atoms with van der Waals surface area (Å²) in [6, 6.07) is 12.7. The Hall–Kier alpha value is -2.84. The monoisotopic (exact) mass is 489 g/mol. The topological polar surface area (TPSA) is 78.0 Å². The van der Waals surface area contributed by atoms with Crippen LogP contribution in [0, 0.1) is 5.92 Å². The first-order valence-corrected chi connectivity index (χ1v) is 12.5. The third-order valence-corrected chi connectivity index (χ3v) is 7.55. The molecule has 0 atom stereocenters. The summed E-state index contributed by atoms with van der Waals surface area (Å²) in [5, 5.41) is 0.295. The van der Waals surface area contributed by atoms with Crippen molar-refractivity contribution in [2.45, 2.75) is 18.7 Å². The van der Waals surface area contributed by atoms with E-state index in [1.165, 1.54) is 22.5 Å². The molecule has 0 N–H and O–H groups in total. The lowest BCUT2D eigenvalue weighted by Gasteiger charge is -2.35. The fourth-order valence-electron chi connectivity index (χ4n) is 3.69. The van der Waals surface area contributed by atoms with Gasteiger partial charge in [0.2, 0.25) is 5.91 Å². The van der Waals surface area contributed by atoms with Crippen LogP contribution in [0.2, 0.25) is 5.02 Å². The van der Waals surface area contributed by atoms with Gasteiger partial charge in [-0.3, -0.25) is 13.9 Å². The fraction of sp³-hybridized carbons (Fsp3) is 0.333. The SMILES string of the molecule is C=CCN(c1ccccc1Cl)S(=O)(=O)c1cccc(C(=O)N2CCN(C(=O)C(C)C)CC2)c1. The normalized spacial score (nSPS) is 14.3. The highest BCUT2D eigenvalue weighted by atomic mass is 35.5. The molecule has 1 aliphatic heterocycles. The van der Waals surface area contributed by atoms with Crippen molar-refractivity contribution in [2.75, 3.05) is 37.0 Å². The van der Waals surface area contributed by atoms with E-state index in [2.05, 4.69) is 6.58 Å². The van der Waals surface area contributed by atoms with Gasteiger partial charge in [0.1, 0.15) is 0 Å². The van der Waals surface area contributed by atoms with Gasteiger partial charge in [0, 0.05) is 37.7 Å². The lowest BCUT2D eigenvalue weighted by molar-refractivity contribution is -0.135. The molecule has 7 nitrogen and oxygen atoms in total. The van der Waals surface area contributed by atoms with E-state index in [0.717, 1.165) is 0 Å². The molecule has 1 heterocycles. The van der Waals surface area contributed by atoms with Gasteiger partial charge in [-0.05, 0) is 30.3 Å². The molecule has 9 heteroatoms. The number of amides is 2. The molecular formula is C24H28ClN3O4S. The average Bonchev–Trinajstić information content (AvgIpc) is 2.82. The molecule has 3 rings (SSSR count). The summed E-state index contributed by atoms with van der Waals surface area (Å²) in [6.45, 7) is 9.10. The minimum atomic E-state index is -4.00. The van der Waals surface area contributed by atoms with Crippen molar-refractivity contribution in [2.24, 2.45) is 5.92 Å². The maximum absolute atomic E-state index is 13.5. The van der Waals surface area contributed by atoms with E-state index in [0.29, 0.717) is 36.9 Å². The quantitative estimate of drug-likeness (QED) is 0.556. The molecular weight excluding hydrogens is 462 g/mol. The molecule has 1 aliphatic rings. The Bertz CT molecular complexity index is 1140. The highest BCUT2D eigenvalue weighted by molar-refractivity contribution is 7.92. The second-order valence-electron chi connectivity index (χ2n) is 8.08. The summed E-state index contributed by atoms with van der Waals surface area (Å²) in [5.74, 6) is -0.292. The number of rotatable bonds is 7. The molecule has 0 unspecified atom stereocenters. The van der Waals surface area contributed by atoms with Crippen molar-refractivity contribution >= 4 is 39.1 Å². The highest BCUT2D eigenvalue weighted by Crippen LogP contribution is 2.30. The summed E-state index contributed by atoms with van der Waals surface area (Å²) in [5.41, 5.74) is 0.610. The number of sulfonamides is 1. The molecule has 33 heavy (non-hydrogen) atoms. The Kier molecular flexibility index (Phi) is 7.81. The van der Waals surface area contributed by atoms with Gasteiger partial charge in [0.25, 0.3) is 15.9 Å². The summed E-state index contributed by atoms with van der Waals surface area (Å²) < 4.78 is 28.1. The zero-order valence-electron chi connectivity index (χ0n) is 18.8. The lowest BCUT2D eigenvalue weighted by atomic mass is 10.1. The van der Waals surface area contributed by atoms with Gasteiger partial charge in [-0.1, -0.05) is 49.7 Å². The smallest absolute Gasteiger partial charge is 0.264 e. The van der Waals surface area contributed by atoms with Crippen LogP contribution in [0.3, 0.4) is 0 Å². The number of para-hydroxylation sites is 1. The van der Waals surface area contributed by atoms with Crippen molar-refractivity contribution < 1.29 is 18.0 Å². The molecule has 0 saturated carbocycles. The molecule has 2 aromatic rings. The van der Waals surface area contributed by atoms with Crippen molar-refractivity contribution in [3.8, 4) is 0 Å². The van der Waals surface area contributed by atoms with Crippen molar-refractivity contribution in [3.05, 3.63) is 71.8 Å². The minimum Gasteiger partial charge on any atom is -0.339 e. The number of carbonyl (C=O) groups excluding carboxylic acids is 2. The van der Waals surface area contributed by atoms with Crippen LogP contribution in [0.4, 0.5) is 5.69 Å². The number of hydrogen-bond acceptors (Lipinski definition) is 4. The van der Waals surface area contributed by atoms with E-state index in [1.807, 2.05) is 13.8 Å². The zero-order chi connectivity index (χ0) is 24.2. The zero-order valence-corrected chi connectivity index (χ0v) is 20.3. The molecule has 0 aromatic heterocycles. The number of anilines is 1. The van der Waals surface area contributed by atoms with E-state index < -0.39 is 10.0 Å². The molecule has 176 valence electrons. The van der Waals surface area contributed by atoms with Crippen molar-refractivity contribution in [1.29, 1.82) is 0 Å². The molecule has 0 aliphatic carbocycles. The molecule has 1 fully saturated rings. The summed E-state index contributed by atoms with van der Waals surface area (Å²) in [6.07, 6.45) is 1.48. The number of nitrogens with zero attached hydrogens (tertiary/aromatic N) is 3. The predicted octanol–water partition coefficient (Wildman–Crippen LogP) is 3.66. The molecule has 0 bridgehead atoms. The average molecular weight is 490 g/mol. The lowest BCUT2D eigenvalue weighted by Crippen LogP contribution is -2.51. The molecule has 0 spiro atoms. The van der Waals surface area contributed by atoms with Crippen LogP contribution >= 0.6 is 11.6 Å². The Labute approximate surface area is 200 Å². The molecule has 1 saturated heterocycles. The van der Waals surface area contributed by atoms with Crippen LogP contribution in [-0.2, 0) is 14.8 Å². The van der Waals surface area contributed by atoms with E-state index >= 15 is 0 Å². The van der Waals surface area contributed by atoms with Crippen LogP contribution in [-0.4, -0.2) is 62.8 Å². The van der Waals surface area contributed by atoms with Crippen LogP contribution in [0.1, 0.15) is 24.2 Å². The first-order chi connectivity index (χ1) is 15.7. The third kappa shape index (κ3) is 5.39. The van der Waals surface area contributed by atoms with Gasteiger partial charge >= 0.3 is 0 Å². The van der Waals surface area contributed by atoms with Crippen LogP contribution in [0.15, 0.2) is 66.1 Å². The second-order valence-corrected chi connectivity index (χ2v) is 10.3.